The Labute approximate surface area is 69.6 Å². The van der Waals surface area contributed by atoms with Gasteiger partial charge in [-0.2, -0.15) is 0 Å². The van der Waals surface area contributed by atoms with Crippen molar-refractivity contribution in [1.29, 1.82) is 0 Å². The first kappa shape index (κ1) is 9.42. The van der Waals surface area contributed by atoms with Gasteiger partial charge in [0.05, 0.1) is 5.41 Å². The fourth-order valence-corrected chi connectivity index (χ4v) is 1.47. The molecule has 0 aromatic carbocycles. The first-order chi connectivity index (χ1) is 5.47. The lowest BCUT2D eigenvalue weighted by Gasteiger charge is -2.23. The van der Waals surface area contributed by atoms with Gasteiger partial charge in [-0.25, -0.2) is 8.78 Å². The molecule has 1 saturated carbocycles. The molecule has 12 heavy (non-hydrogen) atoms. The van der Waals surface area contributed by atoms with Crippen molar-refractivity contribution in [2.24, 2.45) is 11.3 Å². The summed E-state index contributed by atoms with van der Waals surface area (Å²) in [6, 6.07) is 0. The molecular weight excluding hydrogens is 166 g/mol. The molecular formula is C8H12F2O2. The normalized spacial score (nSPS) is 22.3. The van der Waals surface area contributed by atoms with Gasteiger partial charge in [-0.3, -0.25) is 4.79 Å². The Kier molecular flexibility index (Phi) is 2.35. The summed E-state index contributed by atoms with van der Waals surface area (Å²) in [6.45, 7) is 1.42. The van der Waals surface area contributed by atoms with Crippen molar-refractivity contribution in [1.82, 2.24) is 0 Å². The summed E-state index contributed by atoms with van der Waals surface area (Å²) in [4.78, 5) is 10.7. The van der Waals surface area contributed by atoms with Gasteiger partial charge in [0.1, 0.15) is 0 Å². The van der Waals surface area contributed by atoms with Gasteiger partial charge in [0.15, 0.2) is 0 Å². The van der Waals surface area contributed by atoms with Crippen LogP contribution in [0.4, 0.5) is 8.78 Å². The van der Waals surface area contributed by atoms with E-state index in [4.69, 9.17) is 5.11 Å². The lowest BCUT2D eigenvalue weighted by atomic mass is 9.82. The van der Waals surface area contributed by atoms with Gasteiger partial charge in [0, 0.05) is 6.42 Å². The van der Waals surface area contributed by atoms with Crippen LogP contribution in [0.15, 0.2) is 0 Å². The van der Waals surface area contributed by atoms with E-state index in [-0.39, 0.29) is 5.92 Å². The average Bonchev–Trinajstić information content (AvgIpc) is 2.65. The topological polar surface area (TPSA) is 37.3 Å². The summed E-state index contributed by atoms with van der Waals surface area (Å²) < 4.78 is 24.0. The molecule has 0 aliphatic heterocycles. The van der Waals surface area contributed by atoms with E-state index in [0.29, 0.717) is 0 Å². The van der Waals surface area contributed by atoms with Crippen molar-refractivity contribution < 1.29 is 18.7 Å². The second-order valence-electron chi connectivity index (χ2n) is 3.59. The van der Waals surface area contributed by atoms with E-state index in [0.717, 1.165) is 12.8 Å². The van der Waals surface area contributed by atoms with Crippen LogP contribution in [-0.2, 0) is 4.79 Å². The molecule has 1 rings (SSSR count). The van der Waals surface area contributed by atoms with E-state index in [2.05, 4.69) is 0 Å². The van der Waals surface area contributed by atoms with Crippen LogP contribution in [0.2, 0.25) is 0 Å². The molecule has 1 atom stereocenters. The van der Waals surface area contributed by atoms with E-state index in [1.165, 1.54) is 6.92 Å². The lowest BCUT2D eigenvalue weighted by Crippen LogP contribution is -2.32. The summed E-state index contributed by atoms with van der Waals surface area (Å²) in [5.41, 5.74) is -1.20. The maximum atomic E-state index is 12.0. The van der Waals surface area contributed by atoms with Crippen LogP contribution < -0.4 is 0 Å². The predicted octanol–water partition coefficient (Wildman–Crippen LogP) is 2.14. The standard InChI is InChI=1S/C8H12F2O2/c1-8(7(11)12,4-6(9)10)5-2-3-5/h5-6H,2-4H2,1H3,(H,11,12). The molecule has 0 radical (unpaired) electrons. The molecule has 4 heteroatoms. The number of carbonyl (C=O) groups is 1. The van der Waals surface area contributed by atoms with Gasteiger partial charge in [0.2, 0.25) is 6.43 Å². The Balaban J connectivity index is 2.64. The van der Waals surface area contributed by atoms with Crippen LogP contribution in [0.3, 0.4) is 0 Å². The molecule has 0 bridgehead atoms. The highest BCUT2D eigenvalue weighted by molar-refractivity contribution is 5.75. The van der Waals surface area contributed by atoms with Crippen molar-refractivity contribution >= 4 is 5.97 Å². The molecule has 1 N–H and O–H groups in total. The zero-order valence-electron chi connectivity index (χ0n) is 6.89. The Bertz CT molecular complexity index is 189. The van der Waals surface area contributed by atoms with E-state index >= 15 is 0 Å². The third-order valence-electron chi connectivity index (χ3n) is 2.55. The van der Waals surface area contributed by atoms with Gasteiger partial charge in [0.25, 0.3) is 0 Å². The van der Waals surface area contributed by atoms with Crippen molar-refractivity contribution in [3.63, 3.8) is 0 Å². The first-order valence-corrected chi connectivity index (χ1v) is 3.98. The number of hydrogen-bond acceptors (Lipinski definition) is 1. The zero-order valence-corrected chi connectivity index (χ0v) is 6.89. The molecule has 0 spiro atoms. The second-order valence-corrected chi connectivity index (χ2v) is 3.59. The minimum Gasteiger partial charge on any atom is -0.481 e. The van der Waals surface area contributed by atoms with E-state index in [9.17, 15) is 13.6 Å². The largest absolute Gasteiger partial charge is 0.481 e. The van der Waals surface area contributed by atoms with Crippen molar-refractivity contribution in [2.45, 2.75) is 32.6 Å². The SMILES string of the molecule is CC(CC(F)F)(C(=O)O)C1CC1. The number of hydrogen-bond donors (Lipinski definition) is 1. The molecule has 70 valence electrons. The molecule has 1 unspecified atom stereocenters. The smallest absolute Gasteiger partial charge is 0.309 e. The molecule has 2 nitrogen and oxygen atoms in total. The van der Waals surface area contributed by atoms with Gasteiger partial charge >= 0.3 is 5.97 Å². The second kappa shape index (κ2) is 2.99. The van der Waals surface area contributed by atoms with Crippen molar-refractivity contribution in [3.05, 3.63) is 0 Å². The number of aliphatic carboxylic acids is 1. The molecule has 1 aliphatic carbocycles. The molecule has 0 saturated heterocycles. The van der Waals surface area contributed by atoms with Crippen molar-refractivity contribution in [3.8, 4) is 0 Å². The fraction of sp³-hybridized carbons (Fsp3) is 0.875. The molecule has 0 aromatic rings. The molecule has 0 heterocycles. The van der Waals surface area contributed by atoms with Gasteiger partial charge in [-0.15, -0.1) is 0 Å². The minimum atomic E-state index is -2.52. The Hall–Kier alpha value is -0.670. The summed E-state index contributed by atoms with van der Waals surface area (Å²) in [7, 11) is 0. The van der Waals surface area contributed by atoms with Crippen LogP contribution >= 0.6 is 0 Å². The summed E-state index contributed by atoms with van der Waals surface area (Å²) in [6.07, 6.45) is -1.50. The number of carboxylic acids is 1. The summed E-state index contributed by atoms with van der Waals surface area (Å²) in [5.74, 6) is -1.13. The highest BCUT2D eigenvalue weighted by Gasteiger charge is 2.48. The first-order valence-electron chi connectivity index (χ1n) is 3.98. The average molecular weight is 178 g/mol. The fourth-order valence-electron chi connectivity index (χ4n) is 1.47. The van der Waals surface area contributed by atoms with Crippen LogP contribution in [0.5, 0.6) is 0 Å². The highest BCUT2D eigenvalue weighted by atomic mass is 19.3. The maximum absolute atomic E-state index is 12.0. The Morgan fingerprint density at radius 2 is 2.17 bits per heavy atom. The monoisotopic (exact) mass is 178 g/mol. The molecule has 1 fully saturated rings. The number of carboxylic acid groups (broad SMARTS) is 1. The molecule has 1 aliphatic rings. The predicted molar refractivity (Wildman–Crippen MR) is 39.1 cm³/mol. The summed E-state index contributed by atoms with van der Waals surface area (Å²) in [5, 5.41) is 8.76. The van der Waals surface area contributed by atoms with E-state index in [1.807, 2.05) is 0 Å². The number of alkyl halides is 2. The van der Waals surface area contributed by atoms with Crippen molar-refractivity contribution in [2.75, 3.05) is 0 Å². The Morgan fingerprint density at radius 1 is 1.67 bits per heavy atom. The lowest BCUT2D eigenvalue weighted by molar-refractivity contribution is -0.152. The quantitative estimate of drug-likeness (QED) is 0.716. The molecule has 0 amide bonds. The number of halogens is 2. The minimum absolute atomic E-state index is 0.0380. The van der Waals surface area contributed by atoms with Crippen LogP contribution in [0.1, 0.15) is 26.2 Å². The van der Waals surface area contributed by atoms with Crippen LogP contribution in [-0.4, -0.2) is 17.5 Å². The van der Waals surface area contributed by atoms with Crippen LogP contribution in [0, 0.1) is 11.3 Å². The van der Waals surface area contributed by atoms with Gasteiger partial charge in [-0.1, -0.05) is 0 Å². The van der Waals surface area contributed by atoms with E-state index < -0.39 is 24.2 Å². The third-order valence-corrected chi connectivity index (χ3v) is 2.55. The third kappa shape index (κ3) is 1.73. The maximum Gasteiger partial charge on any atom is 0.309 e. The number of rotatable bonds is 4. The molecule has 0 aromatic heterocycles. The van der Waals surface area contributed by atoms with Gasteiger partial charge in [-0.05, 0) is 25.7 Å². The van der Waals surface area contributed by atoms with E-state index in [1.54, 1.807) is 0 Å². The summed E-state index contributed by atoms with van der Waals surface area (Å²) >= 11 is 0. The highest BCUT2D eigenvalue weighted by Crippen LogP contribution is 2.48. The zero-order chi connectivity index (χ0) is 9.35. The van der Waals surface area contributed by atoms with Crippen LogP contribution in [0.25, 0.3) is 0 Å². The Morgan fingerprint density at radius 3 is 2.42 bits per heavy atom. The van der Waals surface area contributed by atoms with Gasteiger partial charge < -0.3 is 5.11 Å².